The van der Waals surface area contributed by atoms with Gasteiger partial charge in [0.25, 0.3) is 5.91 Å². The van der Waals surface area contributed by atoms with Crippen LogP contribution in [-0.2, 0) is 4.79 Å². The van der Waals surface area contributed by atoms with E-state index in [9.17, 15) is 4.79 Å². The maximum atomic E-state index is 12.2. The van der Waals surface area contributed by atoms with E-state index in [-0.39, 0.29) is 12.5 Å². The number of carbonyl (C=O) groups excluding carboxylic acids is 1. The SMILES string of the molecule is CCCCCCOc1ccc(NC(=O)COc2ccccc2C(C)C)cc1. The molecule has 0 aromatic heterocycles. The van der Waals surface area contributed by atoms with Crippen LogP contribution < -0.4 is 14.8 Å². The predicted octanol–water partition coefficient (Wildman–Crippen LogP) is 5.79. The van der Waals surface area contributed by atoms with Gasteiger partial charge in [-0.2, -0.15) is 0 Å². The van der Waals surface area contributed by atoms with E-state index in [0.29, 0.717) is 5.92 Å². The molecule has 0 saturated carbocycles. The molecule has 0 aliphatic heterocycles. The highest BCUT2D eigenvalue weighted by molar-refractivity contribution is 5.91. The molecular formula is C23H31NO3. The number of ether oxygens (including phenoxy) is 2. The van der Waals surface area contributed by atoms with Gasteiger partial charge >= 0.3 is 0 Å². The first-order valence-corrected chi connectivity index (χ1v) is 9.84. The molecule has 4 heteroatoms. The molecule has 0 heterocycles. The van der Waals surface area contributed by atoms with Gasteiger partial charge in [0.2, 0.25) is 0 Å². The first kappa shape index (κ1) is 20.8. The average Bonchev–Trinajstić information content (AvgIpc) is 2.67. The number of hydrogen-bond donors (Lipinski definition) is 1. The van der Waals surface area contributed by atoms with E-state index in [0.717, 1.165) is 35.8 Å². The number of carbonyl (C=O) groups is 1. The maximum Gasteiger partial charge on any atom is 0.262 e. The second-order valence-electron chi connectivity index (χ2n) is 6.96. The molecule has 0 unspecified atom stereocenters. The second-order valence-corrected chi connectivity index (χ2v) is 6.96. The summed E-state index contributed by atoms with van der Waals surface area (Å²) in [5, 5.41) is 2.85. The minimum absolute atomic E-state index is 0.0145. The lowest BCUT2D eigenvalue weighted by atomic mass is 10.0. The summed E-state index contributed by atoms with van der Waals surface area (Å²) >= 11 is 0. The van der Waals surface area contributed by atoms with Crippen LogP contribution in [0.2, 0.25) is 0 Å². The Morgan fingerprint density at radius 1 is 0.963 bits per heavy atom. The molecule has 0 aliphatic carbocycles. The Labute approximate surface area is 162 Å². The first-order chi connectivity index (χ1) is 13.1. The summed E-state index contributed by atoms with van der Waals surface area (Å²) in [4.78, 5) is 12.2. The molecule has 0 radical (unpaired) electrons. The number of benzene rings is 2. The standard InChI is InChI=1S/C23H31NO3/c1-4-5-6-9-16-26-20-14-12-19(13-15-20)24-23(25)17-27-22-11-8-7-10-21(22)18(2)3/h7-8,10-15,18H,4-6,9,16-17H2,1-3H3,(H,24,25). The van der Waals surface area contributed by atoms with Gasteiger partial charge in [-0.05, 0) is 48.2 Å². The van der Waals surface area contributed by atoms with E-state index in [1.165, 1.54) is 19.3 Å². The number of anilines is 1. The molecule has 0 saturated heterocycles. The van der Waals surface area contributed by atoms with Crippen molar-refractivity contribution in [3.8, 4) is 11.5 Å². The summed E-state index contributed by atoms with van der Waals surface area (Å²) in [6.45, 7) is 7.13. The van der Waals surface area contributed by atoms with Crippen molar-refractivity contribution in [3.63, 3.8) is 0 Å². The number of para-hydroxylation sites is 1. The summed E-state index contributed by atoms with van der Waals surface area (Å²) in [5.41, 5.74) is 1.84. The Kier molecular flexibility index (Phi) is 8.69. The van der Waals surface area contributed by atoms with Crippen molar-refractivity contribution >= 4 is 11.6 Å². The van der Waals surface area contributed by atoms with Crippen molar-refractivity contribution in [1.29, 1.82) is 0 Å². The minimum atomic E-state index is -0.179. The molecule has 2 aromatic carbocycles. The molecule has 2 rings (SSSR count). The van der Waals surface area contributed by atoms with Gasteiger partial charge in [-0.25, -0.2) is 0 Å². The monoisotopic (exact) mass is 369 g/mol. The lowest BCUT2D eigenvalue weighted by Gasteiger charge is -2.14. The predicted molar refractivity (Wildman–Crippen MR) is 111 cm³/mol. The molecule has 0 spiro atoms. The highest BCUT2D eigenvalue weighted by Crippen LogP contribution is 2.25. The van der Waals surface area contributed by atoms with Crippen molar-refractivity contribution in [2.45, 2.75) is 52.4 Å². The highest BCUT2D eigenvalue weighted by atomic mass is 16.5. The quantitative estimate of drug-likeness (QED) is 0.510. The zero-order chi connectivity index (χ0) is 19.5. The number of unbranched alkanes of at least 4 members (excludes halogenated alkanes) is 3. The van der Waals surface area contributed by atoms with E-state index < -0.39 is 0 Å². The lowest BCUT2D eigenvalue weighted by Crippen LogP contribution is -2.20. The fourth-order valence-electron chi connectivity index (χ4n) is 2.78. The number of hydrogen-bond acceptors (Lipinski definition) is 3. The van der Waals surface area contributed by atoms with E-state index in [1.54, 1.807) is 0 Å². The Morgan fingerprint density at radius 2 is 1.70 bits per heavy atom. The molecule has 27 heavy (non-hydrogen) atoms. The Hall–Kier alpha value is -2.49. The van der Waals surface area contributed by atoms with Crippen LogP contribution in [0, 0.1) is 0 Å². The topological polar surface area (TPSA) is 47.6 Å². The molecule has 0 bridgehead atoms. The molecule has 4 nitrogen and oxygen atoms in total. The fourth-order valence-corrected chi connectivity index (χ4v) is 2.78. The number of nitrogens with one attached hydrogen (secondary N) is 1. The number of rotatable bonds is 11. The zero-order valence-electron chi connectivity index (χ0n) is 16.7. The minimum Gasteiger partial charge on any atom is -0.494 e. The van der Waals surface area contributed by atoms with E-state index in [4.69, 9.17) is 9.47 Å². The molecule has 1 N–H and O–H groups in total. The average molecular weight is 370 g/mol. The van der Waals surface area contributed by atoms with Crippen LogP contribution in [0.1, 0.15) is 57.9 Å². The molecule has 0 fully saturated rings. The normalized spacial score (nSPS) is 10.7. The van der Waals surface area contributed by atoms with Crippen molar-refractivity contribution in [3.05, 3.63) is 54.1 Å². The van der Waals surface area contributed by atoms with Gasteiger partial charge in [-0.1, -0.05) is 58.2 Å². The first-order valence-electron chi connectivity index (χ1n) is 9.84. The summed E-state index contributed by atoms with van der Waals surface area (Å²) in [6, 6.07) is 15.3. The molecule has 1 amide bonds. The van der Waals surface area contributed by atoms with Gasteiger partial charge in [0, 0.05) is 5.69 Å². The second kappa shape index (κ2) is 11.3. The van der Waals surface area contributed by atoms with Gasteiger partial charge in [-0.15, -0.1) is 0 Å². The smallest absolute Gasteiger partial charge is 0.262 e. The summed E-state index contributed by atoms with van der Waals surface area (Å²) < 4.78 is 11.4. The van der Waals surface area contributed by atoms with Crippen LogP contribution in [0.4, 0.5) is 5.69 Å². The number of amides is 1. The summed E-state index contributed by atoms with van der Waals surface area (Å²) in [6.07, 6.45) is 4.74. The molecule has 0 atom stereocenters. The van der Waals surface area contributed by atoms with Gasteiger partial charge in [0.15, 0.2) is 6.61 Å². The van der Waals surface area contributed by atoms with E-state index in [1.807, 2.05) is 48.5 Å². The highest BCUT2D eigenvalue weighted by Gasteiger charge is 2.09. The van der Waals surface area contributed by atoms with Gasteiger partial charge in [-0.3, -0.25) is 4.79 Å². The van der Waals surface area contributed by atoms with Crippen LogP contribution in [0.25, 0.3) is 0 Å². The molecule has 0 aliphatic rings. The third-order valence-corrected chi connectivity index (χ3v) is 4.30. The van der Waals surface area contributed by atoms with Crippen LogP contribution in [-0.4, -0.2) is 19.1 Å². The van der Waals surface area contributed by atoms with E-state index in [2.05, 4.69) is 26.1 Å². The molecule has 146 valence electrons. The van der Waals surface area contributed by atoms with Crippen LogP contribution in [0.3, 0.4) is 0 Å². The van der Waals surface area contributed by atoms with Gasteiger partial charge < -0.3 is 14.8 Å². The van der Waals surface area contributed by atoms with Gasteiger partial charge in [0.1, 0.15) is 11.5 Å². The third kappa shape index (κ3) is 7.33. The van der Waals surface area contributed by atoms with Gasteiger partial charge in [0.05, 0.1) is 6.61 Å². The fraction of sp³-hybridized carbons (Fsp3) is 0.435. The molecule has 2 aromatic rings. The van der Waals surface area contributed by atoms with Crippen molar-refractivity contribution in [1.82, 2.24) is 0 Å². The largest absolute Gasteiger partial charge is 0.494 e. The Morgan fingerprint density at radius 3 is 2.41 bits per heavy atom. The van der Waals surface area contributed by atoms with Crippen LogP contribution in [0.5, 0.6) is 11.5 Å². The summed E-state index contributed by atoms with van der Waals surface area (Å²) in [7, 11) is 0. The zero-order valence-corrected chi connectivity index (χ0v) is 16.7. The van der Waals surface area contributed by atoms with E-state index >= 15 is 0 Å². The maximum absolute atomic E-state index is 12.2. The Bertz CT molecular complexity index is 695. The Balaban J connectivity index is 1.77. The summed E-state index contributed by atoms with van der Waals surface area (Å²) in [5.74, 6) is 1.75. The third-order valence-electron chi connectivity index (χ3n) is 4.30. The van der Waals surface area contributed by atoms with Crippen molar-refractivity contribution < 1.29 is 14.3 Å². The van der Waals surface area contributed by atoms with Crippen molar-refractivity contribution in [2.24, 2.45) is 0 Å². The van der Waals surface area contributed by atoms with Crippen LogP contribution >= 0.6 is 0 Å². The van der Waals surface area contributed by atoms with Crippen molar-refractivity contribution in [2.75, 3.05) is 18.5 Å². The lowest BCUT2D eigenvalue weighted by molar-refractivity contribution is -0.118. The molecular weight excluding hydrogens is 338 g/mol. The van der Waals surface area contributed by atoms with Crippen LogP contribution in [0.15, 0.2) is 48.5 Å².